The van der Waals surface area contributed by atoms with E-state index in [9.17, 15) is 9.59 Å². The molecule has 0 aliphatic heterocycles. The summed E-state index contributed by atoms with van der Waals surface area (Å²) in [6.45, 7) is 6.83. The van der Waals surface area contributed by atoms with Crippen molar-refractivity contribution >= 4 is 29.1 Å². The minimum atomic E-state index is -0.230. The maximum Gasteiger partial charge on any atom is 0.242 e. The molecule has 1 aromatic rings. The van der Waals surface area contributed by atoms with Gasteiger partial charge in [0.1, 0.15) is 12.3 Å². The molecule has 1 rings (SSSR count). The molecule has 0 aliphatic rings. The Bertz CT molecular complexity index is 543. The standard InChI is InChI=1S/C17H25ClN2O3/c1-5-9-19(10-6-2)17(22)12-20(13(3)21)15-11-14(18)7-8-16(15)23-4/h7-8,11H,5-6,9-10,12H2,1-4H3. The largest absolute Gasteiger partial charge is 0.495 e. The third kappa shape index (κ3) is 5.43. The minimum absolute atomic E-state index is 0.0218. The minimum Gasteiger partial charge on any atom is -0.495 e. The summed E-state index contributed by atoms with van der Waals surface area (Å²) in [5.74, 6) is 0.202. The maximum absolute atomic E-state index is 12.6. The number of amides is 2. The van der Waals surface area contributed by atoms with E-state index in [1.165, 1.54) is 18.9 Å². The Morgan fingerprint density at radius 2 is 1.78 bits per heavy atom. The molecule has 0 heterocycles. The van der Waals surface area contributed by atoms with Crippen molar-refractivity contribution in [1.29, 1.82) is 0 Å². The number of nitrogens with zero attached hydrogens (tertiary/aromatic N) is 2. The van der Waals surface area contributed by atoms with E-state index in [0.717, 1.165) is 12.8 Å². The fourth-order valence-electron chi connectivity index (χ4n) is 2.38. The van der Waals surface area contributed by atoms with Gasteiger partial charge in [0.2, 0.25) is 11.8 Å². The molecule has 0 unspecified atom stereocenters. The summed E-state index contributed by atoms with van der Waals surface area (Å²) < 4.78 is 5.29. The first-order chi connectivity index (χ1) is 10.9. The Morgan fingerprint density at radius 1 is 1.17 bits per heavy atom. The van der Waals surface area contributed by atoms with Gasteiger partial charge < -0.3 is 9.64 Å². The van der Waals surface area contributed by atoms with E-state index < -0.39 is 0 Å². The SMILES string of the molecule is CCCN(CCC)C(=O)CN(C(C)=O)c1cc(Cl)ccc1OC. The van der Waals surface area contributed by atoms with E-state index in [1.54, 1.807) is 23.1 Å². The van der Waals surface area contributed by atoms with Crippen LogP contribution in [0, 0.1) is 0 Å². The average Bonchev–Trinajstić information content (AvgIpc) is 2.51. The highest BCUT2D eigenvalue weighted by molar-refractivity contribution is 6.31. The molecular weight excluding hydrogens is 316 g/mol. The molecule has 23 heavy (non-hydrogen) atoms. The molecule has 0 radical (unpaired) electrons. The number of methoxy groups -OCH3 is 1. The summed E-state index contributed by atoms with van der Waals surface area (Å²) in [5, 5.41) is 0.485. The Hall–Kier alpha value is -1.75. The smallest absolute Gasteiger partial charge is 0.242 e. The van der Waals surface area contributed by atoms with E-state index >= 15 is 0 Å². The predicted octanol–water partition coefficient (Wildman–Crippen LogP) is 3.35. The zero-order chi connectivity index (χ0) is 17.4. The average molecular weight is 341 g/mol. The van der Waals surface area contributed by atoms with E-state index in [-0.39, 0.29) is 18.4 Å². The molecule has 0 aromatic heterocycles. The normalized spacial score (nSPS) is 10.3. The lowest BCUT2D eigenvalue weighted by Crippen LogP contribution is -2.43. The molecule has 5 nitrogen and oxygen atoms in total. The molecule has 0 atom stereocenters. The topological polar surface area (TPSA) is 49.9 Å². The second-order valence-electron chi connectivity index (χ2n) is 5.30. The molecule has 0 fully saturated rings. The van der Waals surface area contributed by atoms with Gasteiger partial charge in [0, 0.05) is 25.0 Å². The van der Waals surface area contributed by atoms with Gasteiger partial charge >= 0.3 is 0 Å². The number of ether oxygens (including phenoxy) is 1. The van der Waals surface area contributed by atoms with Crippen LogP contribution >= 0.6 is 11.6 Å². The van der Waals surface area contributed by atoms with Crippen LogP contribution in [0.1, 0.15) is 33.6 Å². The molecular formula is C17H25ClN2O3. The van der Waals surface area contributed by atoms with Gasteiger partial charge in [-0.15, -0.1) is 0 Å². The van der Waals surface area contributed by atoms with Gasteiger partial charge in [0.25, 0.3) is 0 Å². The van der Waals surface area contributed by atoms with Gasteiger partial charge in [0.15, 0.2) is 0 Å². The molecule has 1 aromatic carbocycles. The first-order valence-corrected chi connectivity index (χ1v) is 8.21. The van der Waals surface area contributed by atoms with Crippen LogP contribution in [-0.4, -0.2) is 43.5 Å². The first-order valence-electron chi connectivity index (χ1n) is 7.83. The van der Waals surface area contributed by atoms with Gasteiger partial charge in [-0.2, -0.15) is 0 Å². The highest BCUT2D eigenvalue weighted by Crippen LogP contribution is 2.31. The molecule has 6 heteroatoms. The fourth-order valence-corrected chi connectivity index (χ4v) is 2.54. The van der Waals surface area contributed by atoms with Crippen LogP contribution in [0.2, 0.25) is 5.02 Å². The van der Waals surface area contributed by atoms with Gasteiger partial charge in [-0.25, -0.2) is 0 Å². The zero-order valence-electron chi connectivity index (χ0n) is 14.3. The molecule has 2 amide bonds. The Kier molecular flexibility index (Phi) is 7.89. The van der Waals surface area contributed by atoms with Crippen LogP contribution in [-0.2, 0) is 9.59 Å². The van der Waals surface area contributed by atoms with Gasteiger partial charge in [-0.3, -0.25) is 14.5 Å². The number of halogens is 1. The van der Waals surface area contributed by atoms with Crippen molar-refractivity contribution in [2.45, 2.75) is 33.6 Å². The number of anilines is 1. The fraction of sp³-hybridized carbons (Fsp3) is 0.529. The molecule has 0 saturated carbocycles. The van der Waals surface area contributed by atoms with Crippen molar-refractivity contribution in [1.82, 2.24) is 4.90 Å². The van der Waals surface area contributed by atoms with Crippen LogP contribution < -0.4 is 9.64 Å². The number of hydrogen-bond donors (Lipinski definition) is 0. The van der Waals surface area contributed by atoms with Crippen LogP contribution in [0.5, 0.6) is 5.75 Å². The summed E-state index contributed by atoms with van der Waals surface area (Å²) >= 11 is 6.03. The zero-order valence-corrected chi connectivity index (χ0v) is 15.0. The Labute approximate surface area is 143 Å². The van der Waals surface area contributed by atoms with Crippen LogP contribution in [0.15, 0.2) is 18.2 Å². The lowest BCUT2D eigenvalue weighted by molar-refractivity contribution is -0.131. The van der Waals surface area contributed by atoms with Crippen molar-refractivity contribution in [3.05, 3.63) is 23.2 Å². The van der Waals surface area contributed by atoms with Gasteiger partial charge in [-0.05, 0) is 31.0 Å². The molecule has 128 valence electrons. The number of rotatable bonds is 8. The lowest BCUT2D eigenvalue weighted by Gasteiger charge is -2.27. The number of carbonyl (C=O) groups is 2. The summed E-state index contributed by atoms with van der Waals surface area (Å²) in [7, 11) is 1.52. The second kappa shape index (κ2) is 9.40. The lowest BCUT2D eigenvalue weighted by atomic mass is 10.2. The van der Waals surface area contributed by atoms with Gasteiger partial charge in [0.05, 0.1) is 12.8 Å². The van der Waals surface area contributed by atoms with Crippen LogP contribution in [0.25, 0.3) is 0 Å². The van der Waals surface area contributed by atoms with Crippen LogP contribution in [0.3, 0.4) is 0 Å². The highest BCUT2D eigenvalue weighted by atomic mass is 35.5. The van der Waals surface area contributed by atoms with E-state index in [4.69, 9.17) is 16.3 Å². The van der Waals surface area contributed by atoms with E-state index in [1.807, 2.05) is 13.8 Å². The summed E-state index contributed by atoms with van der Waals surface area (Å²) in [5.41, 5.74) is 0.508. The van der Waals surface area contributed by atoms with E-state index in [2.05, 4.69) is 0 Å². The molecule has 0 spiro atoms. The Balaban J connectivity index is 3.06. The van der Waals surface area contributed by atoms with E-state index in [0.29, 0.717) is 29.5 Å². The third-order valence-electron chi connectivity index (χ3n) is 3.44. The maximum atomic E-state index is 12.6. The summed E-state index contributed by atoms with van der Waals surface area (Å²) in [4.78, 5) is 27.8. The van der Waals surface area contributed by atoms with Crippen molar-refractivity contribution in [2.75, 3.05) is 31.6 Å². The quantitative estimate of drug-likeness (QED) is 0.729. The monoisotopic (exact) mass is 340 g/mol. The number of carbonyl (C=O) groups excluding carboxylic acids is 2. The number of hydrogen-bond acceptors (Lipinski definition) is 3. The predicted molar refractivity (Wildman–Crippen MR) is 93.2 cm³/mol. The first kappa shape index (κ1) is 19.3. The van der Waals surface area contributed by atoms with Crippen LogP contribution in [0.4, 0.5) is 5.69 Å². The highest BCUT2D eigenvalue weighted by Gasteiger charge is 2.22. The van der Waals surface area contributed by atoms with Crippen molar-refractivity contribution < 1.29 is 14.3 Å². The summed E-state index contributed by atoms with van der Waals surface area (Å²) in [6, 6.07) is 5.01. The molecule has 0 aliphatic carbocycles. The number of benzene rings is 1. The third-order valence-corrected chi connectivity index (χ3v) is 3.68. The molecule has 0 saturated heterocycles. The van der Waals surface area contributed by atoms with Crippen molar-refractivity contribution in [3.8, 4) is 5.75 Å². The Morgan fingerprint density at radius 3 is 2.26 bits per heavy atom. The van der Waals surface area contributed by atoms with Crippen molar-refractivity contribution in [2.24, 2.45) is 0 Å². The molecule has 0 bridgehead atoms. The van der Waals surface area contributed by atoms with Gasteiger partial charge in [-0.1, -0.05) is 25.4 Å². The molecule has 0 N–H and O–H groups in total. The summed E-state index contributed by atoms with van der Waals surface area (Å²) in [6.07, 6.45) is 1.76. The second-order valence-corrected chi connectivity index (χ2v) is 5.74. The van der Waals surface area contributed by atoms with Crippen molar-refractivity contribution in [3.63, 3.8) is 0 Å².